The Hall–Kier alpha value is -6.17. The number of carbonyl (C=O) groups excluding carboxylic acids is 11. The summed E-state index contributed by atoms with van der Waals surface area (Å²) in [5.74, 6) is -8.88. The van der Waals surface area contributed by atoms with Gasteiger partial charge in [0.25, 0.3) is 0 Å². The van der Waals surface area contributed by atoms with E-state index in [4.69, 9.17) is 4.74 Å². The lowest BCUT2D eigenvalue weighted by Crippen LogP contribution is -2.63. The summed E-state index contributed by atoms with van der Waals surface area (Å²) in [5, 5.41) is 25.6. The zero-order chi connectivity index (χ0) is 68.1. The Morgan fingerprint density at radius 2 is 0.943 bits per heavy atom. The van der Waals surface area contributed by atoms with Crippen LogP contribution in [-0.2, 0) is 57.5 Å². The number of nitrogens with zero attached hydrogens (tertiary/aromatic N) is 6. The van der Waals surface area contributed by atoms with Crippen LogP contribution < -0.4 is 26.6 Å². The molecule has 1 saturated heterocycles. The van der Waals surface area contributed by atoms with Crippen molar-refractivity contribution >= 4 is 65.0 Å². The van der Waals surface area contributed by atoms with Crippen molar-refractivity contribution in [2.75, 3.05) is 55.4 Å². The van der Waals surface area contributed by atoms with E-state index < -0.39 is 156 Å². The van der Waals surface area contributed by atoms with Crippen molar-refractivity contribution in [2.24, 2.45) is 41.4 Å². The molecule has 2 unspecified atom stereocenters. The summed E-state index contributed by atoms with van der Waals surface area (Å²) in [4.78, 5) is 166. The van der Waals surface area contributed by atoms with Gasteiger partial charge in [0.15, 0.2) is 0 Å². The number of ether oxygens (including phenoxy) is 1. The smallest absolute Gasteiger partial charge is 0.302 e. The summed E-state index contributed by atoms with van der Waals surface area (Å²) < 4.78 is 6.03. The third kappa shape index (κ3) is 24.3. The first-order valence-corrected chi connectivity index (χ1v) is 31.6. The lowest BCUT2D eigenvalue weighted by molar-refractivity contribution is -0.159. The molecule has 0 bridgehead atoms. The molecule has 10 amide bonds. The highest BCUT2D eigenvalue weighted by Crippen LogP contribution is 2.25. The van der Waals surface area contributed by atoms with Crippen LogP contribution in [0.15, 0.2) is 12.2 Å². The van der Waals surface area contributed by atoms with Gasteiger partial charge in [0.1, 0.15) is 60.5 Å². The normalized spacial score (nSPS) is 26.6. The molecule has 1 aliphatic heterocycles. The van der Waals surface area contributed by atoms with Crippen LogP contribution >= 0.6 is 0 Å². The number of likely N-dealkylation sites (N-methyl/N-ethyl adjacent to an activating group) is 6. The quantitative estimate of drug-likeness (QED) is 0.0900. The molecule has 0 saturated carbocycles. The van der Waals surface area contributed by atoms with E-state index in [2.05, 4.69) is 26.6 Å². The van der Waals surface area contributed by atoms with Crippen LogP contribution in [0, 0.1) is 41.4 Å². The zero-order valence-corrected chi connectivity index (χ0v) is 57.8. The van der Waals surface area contributed by atoms with Crippen LogP contribution in [0.1, 0.15) is 163 Å². The molecule has 0 radical (unpaired) electrons. The molecule has 1 aliphatic rings. The molecule has 0 aliphatic carbocycles. The van der Waals surface area contributed by atoms with Gasteiger partial charge in [-0.3, -0.25) is 52.7 Å². The summed E-state index contributed by atoms with van der Waals surface area (Å²) in [7, 11) is 8.63. The molecular weight excluding hydrogens is 1130 g/mol. The number of allylic oxidation sites excluding steroid dienone is 2. The SMILES string of the molecule is C/C=C/CC(C)C(OC(C)=O)[C@H]1CN[C@@H]([C@@H](C)O)C(=O)N(C)CC(=O)N(C)[C@@H](CC(C)C)C(=O)N[C@@H](CC(C)C)C(=O)N(C)[C@@H](CC(C)C)C(=O)N[C@@H](C)C(=O)N[C@H](C)C(=O)N(C)[C@@H](CC(C)C)C(=O)N[C@@H](CC(C)C)C(=O)N(C)[C@@H](C(C)C)C(=O)N1C. The fourth-order valence-electron chi connectivity index (χ4n) is 11.1. The van der Waals surface area contributed by atoms with Gasteiger partial charge in [0, 0.05) is 55.8 Å². The van der Waals surface area contributed by atoms with Crippen molar-refractivity contribution < 1.29 is 62.6 Å². The second kappa shape index (κ2) is 37.1. The Labute approximate surface area is 526 Å². The van der Waals surface area contributed by atoms with E-state index in [1.165, 1.54) is 94.5 Å². The van der Waals surface area contributed by atoms with Gasteiger partial charge in [-0.1, -0.05) is 102 Å². The number of aliphatic hydroxyl groups is 1. The Bertz CT molecular complexity index is 2380. The number of nitrogens with one attached hydrogen (secondary N) is 5. The summed E-state index contributed by atoms with van der Waals surface area (Å²) in [5.41, 5.74) is 0. The first-order valence-electron chi connectivity index (χ1n) is 31.6. The van der Waals surface area contributed by atoms with Gasteiger partial charge in [-0.15, -0.1) is 0 Å². The van der Waals surface area contributed by atoms with E-state index in [0.717, 1.165) is 4.90 Å². The predicted molar refractivity (Wildman–Crippen MR) is 339 cm³/mol. The topological polar surface area (TPSA) is 297 Å². The van der Waals surface area contributed by atoms with Gasteiger partial charge >= 0.3 is 5.97 Å². The third-order valence-electron chi connectivity index (χ3n) is 16.1. The first-order chi connectivity index (χ1) is 40.6. The average molecular weight is 1250 g/mol. The predicted octanol–water partition coefficient (Wildman–Crippen LogP) is 3.33. The minimum absolute atomic E-state index is 0.133. The molecule has 1 rings (SSSR count). The Kier molecular flexibility index (Phi) is 33.7. The maximum Gasteiger partial charge on any atom is 0.302 e. The van der Waals surface area contributed by atoms with E-state index in [1.807, 2.05) is 95.2 Å². The van der Waals surface area contributed by atoms with Crippen LogP contribution in [0.4, 0.5) is 0 Å². The molecule has 504 valence electrons. The molecule has 24 heteroatoms. The number of amides is 10. The molecule has 1 fully saturated rings. The van der Waals surface area contributed by atoms with Crippen LogP contribution in [-0.4, -0.2) is 228 Å². The molecule has 1 heterocycles. The van der Waals surface area contributed by atoms with Gasteiger partial charge in [-0.05, 0) is 108 Å². The molecule has 0 aromatic carbocycles. The Morgan fingerprint density at radius 3 is 1.35 bits per heavy atom. The zero-order valence-electron chi connectivity index (χ0n) is 57.8. The summed E-state index contributed by atoms with van der Waals surface area (Å²) in [6, 6.07) is -11.9. The van der Waals surface area contributed by atoms with Gasteiger partial charge in [-0.25, -0.2) is 0 Å². The minimum Gasteiger partial charge on any atom is -0.460 e. The molecule has 6 N–H and O–H groups in total. The monoisotopic (exact) mass is 1250 g/mol. The lowest BCUT2D eigenvalue weighted by Gasteiger charge is -2.42. The van der Waals surface area contributed by atoms with Crippen molar-refractivity contribution in [2.45, 2.75) is 236 Å². The highest BCUT2D eigenvalue weighted by atomic mass is 16.5. The van der Waals surface area contributed by atoms with Crippen molar-refractivity contribution in [1.29, 1.82) is 0 Å². The Balaban J connectivity index is 4.38. The fraction of sp³-hybridized carbons (Fsp3) is 0.797. The van der Waals surface area contributed by atoms with Crippen molar-refractivity contribution in [3.8, 4) is 0 Å². The second-order valence-corrected chi connectivity index (χ2v) is 27.0. The van der Waals surface area contributed by atoms with E-state index in [0.29, 0.717) is 6.42 Å². The fourth-order valence-corrected chi connectivity index (χ4v) is 11.1. The van der Waals surface area contributed by atoms with Gasteiger partial charge in [0.05, 0.1) is 18.7 Å². The molecular formula is C64H115N11O13. The van der Waals surface area contributed by atoms with Gasteiger partial charge in [-0.2, -0.15) is 0 Å². The number of rotatable bonds is 17. The standard InChI is InChI=1S/C64H115N11O13/c1-25-26-27-41(14)55(88-45(18)77)51-33-65-53(44(17)76)63(86)70(19)34-52(78)71(20)48(30-37(6)7)58(81)68-46(28-35(2)3)61(84)73(22)49(31-38(8)9)57(80)66-42(15)56(79)67-43(16)60(83)72(21)50(32-39(10)11)59(82)69-47(29-36(4)5)62(85)75(24)54(40(12)13)64(87)74(51)23/h25-26,35-44,46-51,53-55,65,76H,27-34H2,1-24H3,(H,66,80)(H,67,79)(H,68,81)(H,69,82)/b26-25+/t41?,42-,43+,44+,46-,47-,48-,49-,50-,51+,53-,54-,55?/m0/s1. The van der Waals surface area contributed by atoms with E-state index in [-0.39, 0.29) is 68.2 Å². The highest BCUT2D eigenvalue weighted by molar-refractivity contribution is 5.98. The van der Waals surface area contributed by atoms with Crippen LogP contribution in [0.2, 0.25) is 0 Å². The van der Waals surface area contributed by atoms with Crippen molar-refractivity contribution in [3.05, 3.63) is 12.2 Å². The third-order valence-corrected chi connectivity index (χ3v) is 16.1. The summed E-state index contributed by atoms with van der Waals surface area (Å²) in [6.07, 6.45) is 2.43. The number of hydrogen-bond acceptors (Lipinski definition) is 14. The number of carbonyl (C=O) groups is 11. The van der Waals surface area contributed by atoms with Crippen LogP contribution in [0.3, 0.4) is 0 Å². The molecule has 24 nitrogen and oxygen atoms in total. The van der Waals surface area contributed by atoms with Gasteiger partial charge < -0.3 is 65.8 Å². The Morgan fingerprint density at radius 1 is 0.534 bits per heavy atom. The number of aliphatic hydroxyl groups excluding tert-OH is 1. The number of esters is 1. The summed E-state index contributed by atoms with van der Waals surface area (Å²) in [6.45, 7) is 30.5. The minimum atomic E-state index is -1.41. The summed E-state index contributed by atoms with van der Waals surface area (Å²) >= 11 is 0. The highest BCUT2D eigenvalue weighted by Gasteiger charge is 2.44. The number of hydrogen-bond donors (Lipinski definition) is 6. The second-order valence-electron chi connectivity index (χ2n) is 27.0. The van der Waals surface area contributed by atoms with Crippen LogP contribution in [0.5, 0.6) is 0 Å². The van der Waals surface area contributed by atoms with Crippen molar-refractivity contribution in [3.63, 3.8) is 0 Å². The maximum absolute atomic E-state index is 15.3. The largest absolute Gasteiger partial charge is 0.460 e. The molecule has 88 heavy (non-hydrogen) atoms. The van der Waals surface area contributed by atoms with E-state index >= 15 is 9.59 Å². The average Bonchev–Trinajstić information content (AvgIpc) is 1.56. The maximum atomic E-state index is 15.3. The first kappa shape index (κ1) is 79.8. The lowest BCUT2D eigenvalue weighted by atomic mass is 9.91. The van der Waals surface area contributed by atoms with E-state index in [1.54, 1.807) is 13.8 Å². The van der Waals surface area contributed by atoms with Crippen molar-refractivity contribution in [1.82, 2.24) is 56.0 Å². The molecule has 0 aromatic heterocycles. The van der Waals surface area contributed by atoms with E-state index in [9.17, 15) is 48.3 Å². The van der Waals surface area contributed by atoms with Crippen LogP contribution in [0.25, 0.3) is 0 Å². The molecule has 0 spiro atoms. The molecule has 0 aromatic rings. The molecule has 13 atom stereocenters. The van der Waals surface area contributed by atoms with Gasteiger partial charge in [0.2, 0.25) is 59.1 Å².